The molecule has 0 amide bonds. The normalized spacial score (nSPS) is 16.4. The van der Waals surface area contributed by atoms with E-state index in [1.165, 1.54) is 10.6 Å². The first-order chi connectivity index (χ1) is 11.6. The molecule has 0 bridgehead atoms. The first-order valence-electron chi connectivity index (χ1n) is 8.95. The van der Waals surface area contributed by atoms with E-state index < -0.39 is 0 Å². The van der Waals surface area contributed by atoms with Gasteiger partial charge in [-0.25, -0.2) is 9.98 Å². The number of halogens is 1. The highest BCUT2D eigenvalue weighted by atomic mass is 127. The Morgan fingerprint density at radius 2 is 2.12 bits per heavy atom. The van der Waals surface area contributed by atoms with Crippen molar-refractivity contribution >= 4 is 41.3 Å². The van der Waals surface area contributed by atoms with Gasteiger partial charge < -0.3 is 10.6 Å². The average Bonchev–Trinajstić information content (AvgIpc) is 3.02. The Balaban J connectivity index is 0.00000312. The van der Waals surface area contributed by atoms with Gasteiger partial charge in [0.15, 0.2) is 5.96 Å². The molecular formula is C18H32IN5S. The van der Waals surface area contributed by atoms with Gasteiger partial charge in [0.05, 0.1) is 17.2 Å². The number of rotatable bonds is 7. The third-order valence-corrected chi connectivity index (χ3v) is 5.11. The lowest BCUT2D eigenvalue weighted by molar-refractivity contribution is 0.221. The Morgan fingerprint density at radius 3 is 2.68 bits per heavy atom. The lowest BCUT2D eigenvalue weighted by Crippen LogP contribution is -2.48. The third-order valence-electron chi connectivity index (χ3n) is 4.07. The fourth-order valence-electron chi connectivity index (χ4n) is 2.87. The van der Waals surface area contributed by atoms with E-state index in [2.05, 4.69) is 53.2 Å². The summed E-state index contributed by atoms with van der Waals surface area (Å²) in [5, 5.41) is 10.2. The van der Waals surface area contributed by atoms with Crippen LogP contribution in [0.25, 0.3) is 0 Å². The van der Waals surface area contributed by atoms with Crippen LogP contribution in [-0.2, 0) is 13.0 Å². The molecule has 5 nitrogen and oxygen atoms in total. The van der Waals surface area contributed by atoms with Crippen molar-refractivity contribution in [2.75, 3.05) is 26.2 Å². The molecular weight excluding hydrogens is 445 g/mol. The molecule has 142 valence electrons. The van der Waals surface area contributed by atoms with Gasteiger partial charge in [0.25, 0.3) is 0 Å². The molecule has 1 aliphatic rings. The summed E-state index contributed by atoms with van der Waals surface area (Å²) < 4.78 is 0. The number of aliphatic imine (C=N–C) groups is 1. The van der Waals surface area contributed by atoms with E-state index in [-0.39, 0.29) is 24.0 Å². The van der Waals surface area contributed by atoms with Crippen molar-refractivity contribution in [1.82, 2.24) is 20.5 Å². The van der Waals surface area contributed by atoms with Crippen molar-refractivity contribution in [3.8, 4) is 0 Å². The van der Waals surface area contributed by atoms with Crippen molar-refractivity contribution < 1.29 is 0 Å². The molecule has 1 saturated heterocycles. The molecule has 2 N–H and O–H groups in total. The highest BCUT2D eigenvalue weighted by Crippen LogP contribution is 2.12. The average molecular weight is 477 g/mol. The van der Waals surface area contributed by atoms with E-state index in [1.54, 1.807) is 11.3 Å². The zero-order chi connectivity index (χ0) is 17.4. The minimum absolute atomic E-state index is 0. The fraction of sp³-hybridized carbons (Fsp3) is 0.667. The second kappa shape index (κ2) is 11.9. The number of hydrogen-bond acceptors (Lipinski definition) is 4. The number of nitrogens with one attached hydrogen (secondary N) is 2. The van der Waals surface area contributed by atoms with Gasteiger partial charge in [-0.2, -0.15) is 0 Å². The molecule has 1 aliphatic heterocycles. The van der Waals surface area contributed by atoms with Crippen LogP contribution in [-0.4, -0.2) is 48.1 Å². The number of nitrogens with zero attached hydrogens (tertiary/aromatic N) is 3. The number of piperidine rings is 1. The molecule has 0 aliphatic carbocycles. The molecule has 7 heteroatoms. The van der Waals surface area contributed by atoms with Crippen molar-refractivity contribution in [2.24, 2.45) is 4.99 Å². The van der Waals surface area contributed by atoms with E-state index in [4.69, 9.17) is 4.99 Å². The van der Waals surface area contributed by atoms with Crippen molar-refractivity contribution in [3.05, 3.63) is 28.2 Å². The van der Waals surface area contributed by atoms with E-state index >= 15 is 0 Å². The Hall–Kier alpha value is -0.670. The lowest BCUT2D eigenvalue weighted by Gasteiger charge is -2.33. The van der Waals surface area contributed by atoms with Gasteiger partial charge in [-0.3, -0.25) is 4.90 Å². The van der Waals surface area contributed by atoms with E-state index in [0.717, 1.165) is 57.1 Å². The maximum Gasteiger partial charge on any atom is 0.191 e. The van der Waals surface area contributed by atoms with Crippen LogP contribution in [0.15, 0.2) is 22.5 Å². The van der Waals surface area contributed by atoms with Gasteiger partial charge in [-0.05, 0) is 33.1 Å². The van der Waals surface area contributed by atoms with Crippen LogP contribution in [0.4, 0.5) is 0 Å². The molecule has 1 fully saturated rings. The minimum Gasteiger partial charge on any atom is -0.357 e. The lowest BCUT2D eigenvalue weighted by atomic mass is 10.0. The molecule has 0 spiro atoms. The summed E-state index contributed by atoms with van der Waals surface area (Å²) in [6, 6.07) is 0.491. The molecule has 2 heterocycles. The summed E-state index contributed by atoms with van der Waals surface area (Å²) in [7, 11) is 0. The van der Waals surface area contributed by atoms with E-state index in [9.17, 15) is 0 Å². The van der Waals surface area contributed by atoms with Crippen molar-refractivity contribution in [3.63, 3.8) is 0 Å². The second-order valence-corrected chi connectivity index (χ2v) is 7.38. The number of aryl methyl sites for hydroxylation is 1. The smallest absolute Gasteiger partial charge is 0.191 e. The first-order valence-corrected chi connectivity index (χ1v) is 9.83. The van der Waals surface area contributed by atoms with E-state index in [1.807, 2.05) is 0 Å². The molecule has 0 saturated carbocycles. The van der Waals surface area contributed by atoms with Gasteiger partial charge in [0.1, 0.15) is 0 Å². The summed E-state index contributed by atoms with van der Waals surface area (Å²) in [6.07, 6.45) is 3.29. The Kier molecular flexibility index (Phi) is 10.6. The Bertz CT molecular complexity index is 549. The minimum atomic E-state index is 0. The van der Waals surface area contributed by atoms with Gasteiger partial charge in [-0.15, -0.1) is 35.3 Å². The molecule has 1 aromatic heterocycles. The predicted molar refractivity (Wildman–Crippen MR) is 119 cm³/mol. The Morgan fingerprint density at radius 1 is 1.40 bits per heavy atom. The van der Waals surface area contributed by atoms with Crippen LogP contribution in [0.3, 0.4) is 0 Å². The van der Waals surface area contributed by atoms with Crippen LogP contribution in [0.1, 0.15) is 44.3 Å². The fourth-order valence-corrected chi connectivity index (χ4v) is 3.61. The van der Waals surface area contributed by atoms with Crippen LogP contribution in [0, 0.1) is 0 Å². The number of aromatic nitrogens is 1. The summed E-state index contributed by atoms with van der Waals surface area (Å²) in [5.74, 6) is 0.905. The number of hydrogen-bond donors (Lipinski definition) is 2. The summed E-state index contributed by atoms with van der Waals surface area (Å²) in [4.78, 5) is 11.8. The molecule has 0 unspecified atom stereocenters. The number of guanidine groups is 1. The van der Waals surface area contributed by atoms with Crippen LogP contribution >= 0.6 is 35.3 Å². The van der Waals surface area contributed by atoms with Crippen LogP contribution in [0.2, 0.25) is 0 Å². The first kappa shape index (κ1) is 22.4. The zero-order valence-corrected chi connectivity index (χ0v) is 18.8. The number of thiazole rings is 1. The summed E-state index contributed by atoms with van der Waals surface area (Å²) >= 11 is 1.72. The summed E-state index contributed by atoms with van der Waals surface area (Å²) in [5.41, 5.74) is 2.30. The third kappa shape index (κ3) is 8.04. The SMILES string of the molecule is C=C(C)CN1CCC(NC(=NCc2csc(CC)n2)NCC)CC1.I. The molecule has 0 radical (unpaired) electrons. The van der Waals surface area contributed by atoms with Crippen molar-refractivity contribution in [2.45, 2.75) is 52.6 Å². The maximum atomic E-state index is 4.70. The molecule has 0 atom stereocenters. The van der Waals surface area contributed by atoms with Gasteiger partial charge in [0.2, 0.25) is 0 Å². The maximum absolute atomic E-state index is 4.70. The standard InChI is InChI=1S/C18H31N5S.HI/c1-5-17-21-16(13-24-17)11-20-18(19-6-2)22-15-7-9-23(10-8-15)12-14(3)4;/h13,15H,3,5-12H2,1-2,4H3,(H2,19,20,22);1H. The highest BCUT2D eigenvalue weighted by Gasteiger charge is 2.19. The van der Waals surface area contributed by atoms with Crippen LogP contribution in [0.5, 0.6) is 0 Å². The second-order valence-electron chi connectivity index (χ2n) is 6.43. The van der Waals surface area contributed by atoms with Gasteiger partial charge in [0, 0.05) is 37.6 Å². The monoisotopic (exact) mass is 477 g/mol. The molecule has 25 heavy (non-hydrogen) atoms. The largest absolute Gasteiger partial charge is 0.357 e. The molecule has 0 aromatic carbocycles. The van der Waals surface area contributed by atoms with E-state index in [0.29, 0.717) is 12.6 Å². The highest BCUT2D eigenvalue weighted by molar-refractivity contribution is 14.0. The molecule has 1 aromatic rings. The quantitative estimate of drug-likeness (QED) is 0.274. The van der Waals surface area contributed by atoms with Crippen molar-refractivity contribution in [1.29, 1.82) is 0 Å². The summed E-state index contributed by atoms with van der Waals surface area (Å²) in [6.45, 7) is 15.1. The van der Waals surface area contributed by atoms with Crippen LogP contribution < -0.4 is 10.6 Å². The van der Waals surface area contributed by atoms with Gasteiger partial charge in [-0.1, -0.05) is 19.1 Å². The zero-order valence-electron chi connectivity index (χ0n) is 15.7. The van der Waals surface area contributed by atoms with Gasteiger partial charge >= 0.3 is 0 Å². The predicted octanol–water partition coefficient (Wildman–Crippen LogP) is 3.42. The topological polar surface area (TPSA) is 52.5 Å². The number of likely N-dealkylation sites (tertiary alicyclic amines) is 1. The molecule has 2 rings (SSSR count). The Labute approximate surface area is 173 Å².